The molecule has 0 aliphatic carbocycles. The Morgan fingerprint density at radius 3 is 2.48 bits per heavy atom. The summed E-state index contributed by atoms with van der Waals surface area (Å²) in [6, 6.07) is 15.8. The van der Waals surface area contributed by atoms with Gasteiger partial charge in [-0.05, 0) is 41.8 Å². The Kier molecular flexibility index (Phi) is 4.61. The minimum absolute atomic E-state index is 0.131. The van der Waals surface area contributed by atoms with E-state index in [0.29, 0.717) is 16.8 Å². The third-order valence-electron chi connectivity index (χ3n) is 3.74. The van der Waals surface area contributed by atoms with Gasteiger partial charge in [-0.2, -0.15) is 0 Å². The molecule has 3 aromatic rings. The van der Waals surface area contributed by atoms with Crippen molar-refractivity contribution in [3.8, 4) is 0 Å². The van der Waals surface area contributed by atoms with Crippen LogP contribution in [0.1, 0.15) is 22.8 Å². The SMILES string of the molecule is CC(=O)Nc1ccc(C(=O)NCc2cc3ccccc3[nH]c2=O)cc1. The molecule has 0 radical (unpaired) electrons. The van der Waals surface area contributed by atoms with E-state index in [9.17, 15) is 14.4 Å². The van der Waals surface area contributed by atoms with E-state index in [0.717, 1.165) is 10.9 Å². The summed E-state index contributed by atoms with van der Waals surface area (Å²) in [7, 11) is 0. The van der Waals surface area contributed by atoms with Crippen LogP contribution >= 0.6 is 0 Å². The lowest BCUT2D eigenvalue weighted by atomic mass is 10.1. The standard InChI is InChI=1S/C19H17N3O3/c1-12(23)21-16-8-6-13(7-9-16)18(24)20-11-15-10-14-4-2-3-5-17(14)22-19(15)25/h2-10H,11H2,1H3,(H,20,24)(H,21,23)(H,22,25). The third kappa shape index (κ3) is 3.92. The number of hydrogen-bond acceptors (Lipinski definition) is 3. The van der Waals surface area contributed by atoms with Gasteiger partial charge in [-0.3, -0.25) is 14.4 Å². The molecular weight excluding hydrogens is 318 g/mol. The van der Waals surface area contributed by atoms with Crippen LogP contribution in [0.4, 0.5) is 5.69 Å². The van der Waals surface area contributed by atoms with Crippen LogP contribution in [-0.2, 0) is 11.3 Å². The van der Waals surface area contributed by atoms with Crippen LogP contribution in [0.5, 0.6) is 0 Å². The molecule has 25 heavy (non-hydrogen) atoms. The Labute approximate surface area is 143 Å². The number of fused-ring (bicyclic) bond motifs is 1. The van der Waals surface area contributed by atoms with E-state index in [1.54, 1.807) is 30.3 Å². The number of carbonyl (C=O) groups excluding carboxylic acids is 2. The number of benzene rings is 2. The topological polar surface area (TPSA) is 91.1 Å². The maximum Gasteiger partial charge on any atom is 0.253 e. The first-order valence-corrected chi connectivity index (χ1v) is 7.80. The molecule has 0 spiro atoms. The van der Waals surface area contributed by atoms with Crippen molar-refractivity contribution in [2.45, 2.75) is 13.5 Å². The molecule has 126 valence electrons. The summed E-state index contributed by atoms with van der Waals surface area (Å²) in [6.45, 7) is 1.55. The van der Waals surface area contributed by atoms with Crippen LogP contribution in [0.25, 0.3) is 10.9 Å². The van der Waals surface area contributed by atoms with Gasteiger partial charge in [0.05, 0.1) is 0 Å². The number of pyridine rings is 1. The van der Waals surface area contributed by atoms with Gasteiger partial charge in [0, 0.05) is 35.8 Å². The summed E-state index contributed by atoms with van der Waals surface area (Å²) in [6.07, 6.45) is 0. The predicted molar refractivity (Wildman–Crippen MR) is 96.5 cm³/mol. The number of aromatic nitrogens is 1. The molecule has 0 aliphatic heterocycles. The molecule has 2 aromatic carbocycles. The number of H-pyrrole nitrogens is 1. The average molecular weight is 335 g/mol. The minimum Gasteiger partial charge on any atom is -0.348 e. The fourth-order valence-electron chi connectivity index (χ4n) is 2.51. The number of amides is 2. The molecule has 1 heterocycles. The Hall–Kier alpha value is -3.41. The van der Waals surface area contributed by atoms with Gasteiger partial charge < -0.3 is 15.6 Å². The molecule has 3 N–H and O–H groups in total. The van der Waals surface area contributed by atoms with Crippen LogP contribution in [0.3, 0.4) is 0 Å². The highest BCUT2D eigenvalue weighted by Gasteiger charge is 2.08. The maximum absolute atomic E-state index is 12.2. The third-order valence-corrected chi connectivity index (χ3v) is 3.74. The number of nitrogens with one attached hydrogen (secondary N) is 3. The lowest BCUT2D eigenvalue weighted by Crippen LogP contribution is -2.26. The molecule has 3 rings (SSSR count). The van der Waals surface area contributed by atoms with Gasteiger partial charge in [0.1, 0.15) is 0 Å². The van der Waals surface area contributed by atoms with Crippen molar-refractivity contribution in [1.29, 1.82) is 0 Å². The molecule has 2 amide bonds. The van der Waals surface area contributed by atoms with E-state index in [-0.39, 0.29) is 23.9 Å². The molecule has 0 aliphatic rings. The lowest BCUT2D eigenvalue weighted by Gasteiger charge is -2.07. The highest BCUT2D eigenvalue weighted by atomic mass is 16.2. The van der Waals surface area contributed by atoms with Crippen molar-refractivity contribution < 1.29 is 9.59 Å². The summed E-state index contributed by atoms with van der Waals surface area (Å²) >= 11 is 0. The van der Waals surface area contributed by atoms with E-state index in [1.807, 2.05) is 24.3 Å². The second-order valence-corrected chi connectivity index (χ2v) is 5.65. The summed E-state index contributed by atoms with van der Waals surface area (Å²) in [5.74, 6) is -0.463. The van der Waals surface area contributed by atoms with Crippen LogP contribution in [0.2, 0.25) is 0 Å². The first kappa shape index (κ1) is 16.4. The molecule has 6 heteroatoms. The molecule has 0 fully saturated rings. The quantitative estimate of drug-likeness (QED) is 0.684. The number of carbonyl (C=O) groups is 2. The fourth-order valence-corrected chi connectivity index (χ4v) is 2.51. The first-order chi connectivity index (χ1) is 12.0. The van der Waals surface area contributed by atoms with E-state index < -0.39 is 0 Å². The summed E-state index contributed by atoms with van der Waals surface area (Å²) < 4.78 is 0. The monoisotopic (exact) mass is 335 g/mol. The average Bonchev–Trinajstić information content (AvgIpc) is 2.59. The highest BCUT2D eigenvalue weighted by Crippen LogP contribution is 2.11. The second-order valence-electron chi connectivity index (χ2n) is 5.65. The molecule has 0 unspecified atom stereocenters. The molecule has 0 saturated carbocycles. The first-order valence-electron chi connectivity index (χ1n) is 7.80. The van der Waals surface area contributed by atoms with Gasteiger partial charge in [-0.1, -0.05) is 18.2 Å². The molecule has 6 nitrogen and oxygen atoms in total. The number of hydrogen-bond donors (Lipinski definition) is 3. The van der Waals surface area contributed by atoms with E-state index in [1.165, 1.54) is 6.92 Å². The van der Waals surface area contributed by atoms with Gasteiger partial charge >= 0.3 is 0 Å². The fraction of sp³-hybridized carbons (Fsp3) is 0.105. The molecule has 0 bridgehead atoms. The van der Waals surface area contributed by atoms with Gasteiger partial charge in [-0.25, -0.2) is 0 Å². The van der Waals surface area contributed by atoms with Gasteiger partial charge in [-0.15, -0.1) is 0 Å². The predicted octanol–water partition coefficient (Wildman–Crippen LogP) is 2.42. The van der Waals surface area contributed by atoms with Gasteiger partial charge in [0.25, 0.3) is 11.5 Å². The smallest absolute Gasteiger partial charge is 0.253 e. The Bertz CT molecular complexity index is 991. The largest absolute Gasteiger partial charge is 0.348 e. The van der Waals surface area contributed by atoms with Crippen molar-refractivity contribution in [3.63, 3.8) is 0 Å². The Morgan fingerprint density at radius 2 is 1.76 bits per heavy atom. The zero-order valence-corrected chi connectivity index (χ0v) is 13.6. The van der Waals surface area contributed by atoms with Crippen LogP contribution in [-0.4, -0.2) is 16.8 Å². The number of rotatable bonds is 4. The molecule has 1 aromatic heterocycles. The molecular formula is C19H17N3O3. The number of aromatic amines is 1. The van der Waals surface area contributed by atoms with Crippen molar-refractivity contribution in [3.05, 3.63) is 76.1 Å². The van der Waals surface area contributed by atoms with E-state index >= 15 is 0 Å². The van der Waals surface area contributed by atoms with Crippen molar-refractivity contribution >= 4 is 28.4 Å². The van der Waals surface area contributed by atoms with E-state index in [2.05, 4.69) is 15.6 Å². The molecule has 0 saturated heterocycles. The molecule has 0 atom stereocenters. The minimum atomic E-state index is -0.290. The number of anilines is 1. The van der Waals surface area contributed by atoms with Crippen molar-refractivity contribution in [1.82, 2.24) is 10.3 Å². The van der Waals surface area contributed by atoms with Crippen molar-refractivity contribution in [2.75, 3.05) is 5.32 Å². The second kappa shape index (κ2) is 7.00. The van der Waals surface area contributed by atoms with Gasteiger partial charge in [0.2, 0.25) is 5.91 Å². The van der Waals surface area contributed by atoms with Gasteiger partial charge in [0.15, 0.2) is 0 Å². The van der Waals surface area contributed by atoms with E-state index in [4.69, 9.17) is 0 Å². The van der Waals surface area contributed by atoms with Crippen LogP contribution in [0.15, 0.2) is 59.4 Å². The zero-order valence-electron chi connectivity index (χ0n) is 13.6. The lowest BCUT2D eigenvalue weighted by molar-refractivity contribution is -0.114. The summed E-state index contributed by atoms with van der Waals surface area (Å²) in [5, 5.41) is 6.28. The highest BCUT2D eigenvalue weighted by molar-refractivity contribution is 5.95. The Balaban J connectivity index is 1.71. The van der Waals surface area contributed by atoms with Crippen molar-refractivity contribution in [2.24, 2.45) is 0 Å². The van der Waals surface area contributed by atoms with Crippen LogP contribution in [0, 0.1) is 0 Å². The zero-order chi connectivity index (χ0) is 17.8. The number of para-hydroxylation sites is 1. The normalized spacial score (nSPS) is 10.4. The Morgan fingerprint density at radius 1 is 1.04 bits per heavy atom. The van der Waals surface area contributed by atoms with Crippen LogP contribution < -0.4 is 16.2 Å². The maximum atomic E-state index is 12.2. The summed E-state index contributed by atoms with van der Waals surface area (Å²) in [4.78, 5) is 38.1. The summed E-state index contributed by atoms with van der Waals surface area (Å²) in [5.41, 5.74) is 2.10.